The minimum absolute atomic E-state index is 0.0636. The maximum Gasteiger partial charge on any atom is 0.368 e. The molecule has 0 heterocycles. The molecule has 4 aliphatic carbocycles. The number of halogens is 2. The van der Waals surface area contributed by atoms with Gasteiger partial charge in [0.05, 0.1) is 40.7 Å². The van der Waals surface area contributed by atoms with Crippen molar-refractivity contribution in [2.45, 2.75) is 63.5 Å². The minimum atomic E-state index is -1.50. The summed E-state index contributed by atoms with van der Waals surface area (Å²) >= 11 is 9.01. The molecule has 0 bridgehead atoms. The van der Waals surface area contributed by atoms with E-state index in [1.165, 1.54) is 13.2 Å². The van der Waals surface area contributed by atoms with Crippen molar-refractivity contribution < 1.29 is 29.0 Å². The van der Waals surface area contributed by atoms with Crippen LogP contribution in [0, 0.1) is 34.5 Å². The fraction of sp³-hybridized carbons (Fsp3) is 0.708. The molecule has 6 nitrogen and oxygen atoms in total. The van der Waals surface area contributed by atoms with Gasteiger partial charge in [0.15, 0.2) is 5.78 Å². The van der Waals surface area contributed by atoms with E-state index < -0.39 is 37.4 Å². The third kappa shape index (κ3) is 2.76. The first-order chi connectivity index (χ1) is 14.8. The number of fused-ring (bicyclic) bond motifs is 5. The van der Waals surface area contributed by atoms with Crippen LogP contribution in [-0.2, 0) is 19.1 Å². The van der Waals surface area contributed by atoms with Crippen molar-refractivity contribution >= 4 is 49.9 Å². The van der Waals surface area contributed by atoms with Crippen LogP contribution in [0.25, 0.3) is 0 Å². The Morgan fingerprint density at radius 1 is 1.22 bits per heavy atom. The van der Waals surface area contributed by atoms with E-state index in [4.69, 9.17) is 21.1 Å². The number of rotatable bonds is 2. The normalized spacial score (nSPS) is 49.4. The molecule has 9 atom stereocenters. The second-order valence-corrected chi connectivity index (χ2v) is 12.0. The van der Waals surface area contributed by atoms with E-state index in [9.17, 15) is 19.5 Å². The van der Waals surface area contributed by atoms with Crippen molar-refractivity contribution in [3.63, 3.8) is 0 Å². The largest absolute Gasteiger partial charge is 0.466 e. The highest BCUT2D eigenvalue weighted by Crippen LogP contribution is 2.72. The lowest BCUT2D eigenvalue weighted by atomic mass is 9.44. The average molecular weight is 577 g/mol. The summed E-state index contributed by atoms with van der Waals surface area (Å²) in [6, 6.07) is 0. The van der Waals surface area contributed by atoms with Crippen LogP contribution in [0.5, 0.6) is 0 Å². The predicted octanol–water partition coefficient (Wildman–Crippen LogP) is 4.60. The van der Waals surface area contributed by atoms with Crippen molar-refractivity contribution in [3.8, 4) is 0 Å². The van der Waals surface area contributed by atoms with Gasteiger partial charge in [-0.05, 0) is 49.2 Å². The van der Waals surface area contributed by atoms with E-state index in [0.29, 0.717) is 12.8 Å². The SMILES string of the molecule is COC(=O)[C@@]1(OC(=O)I)C(C)CC2C3C[C@H](C)C4=CC(=O)C=CC4(C)[C@@]3(Cl)C(O)CC21C. The van der Waals surface area contributed by atoms with E-state index in [2.05, 4.69) is 6.92 Å². The van der Waals surface area contributed by atoms with Crippen LogP contribution >= 0.6 is 34.2 Å². The van der Waals surface area contributed by atoms with Gasteiger partial charge in [0.1, 0.15) is 0 Å². The van der Waals surface area contributed by atoms with E-state index in [1.54, 1.807) is 28.7 Å². The molecular formula is C24H30ClIO6. The Labute approximate surface area is 207 Å². The summed E-state index contributed by atoms with van der Waals surface area (Å²) in [5.41, 5.74) is -2.11. The zero-order valence-electron chi connectivity index (χ0n) is 19.0. The molecule has 176 valence electrons. The van der Waals surface area contributed by atoms with Gasteiger partial charge in [0.25, 0.3) is 0 Å². The zero-order chi connectivity index (χ0) is 23.9. The monoisotopic (exact) mass is 576 g/mol. The Balaban J connectivity index is 1.89. The number of methoxy groups -OCH3 is 1. The molecule has 3 fully saturated rings. The van der Waals surface area contributed by atoms with Crippen molar-refractivity contribution in [1.29, 1.82) is 0 Å². The van der Waals surface area contributed by atoms with Crippen LogP contribution in [-0.4, -0.2) is 44.5 Å². The molecule has 0 radical (unpaired) electrons. The van der Waals surface area contributed by atoms with Crippen molar-refractivity contribution in [2.75, 3.05) is 7.11 Å². The summed E-state index contributed by atoms with van der Waals surface area (Å²) in [4.78, 5) is 36.5. The summed E-state index contributed by atoms with van der Waals surface area (Å²) in [6.45, 7) is 7.92. The Morgan fingerprint density at radius 3 is 2.47 bits per heavy atom. The molecule has 6 unspecified atom stereocenters. The Hall–Kier alpha value is -0.930. The number of aliphatic hydroxyl groups excluding tert-OH is 1. The van der Waals surface area contributed by atoms with Gasteiger partial charge in [-0.15, -0.1) is 11.6 Å². The maximum absolute atomic E-state index is 13.2. The Morgan fingerprint density at radius 2 is 1.88 bits per heavy atom. The highest BCUT2D eigenvalue weighted by Gasteiger charge is 2.77. The second-order valence-electron chi connectivity index (χ2n) is 10.5. The Kier molecular flexibility index (Phi) is 5.70. The first kappa shape index (κ1) is 24.2. The highest BCUT2D eigenvalue weighted by atomic mass is 127. The molecule has 0 spiro atoms. The minimum Gasteiger partial charge on any atom is -0.466 e. The number of alkyl halides is 1. The van der Waals surface area contributed by atoms with Gasteiger partial charge in [-0.3, -0.25) is 4.79 Å². The lowest BCUT2D eigenvalue weighted by Gasteiger charge is -2.64. The highest BCUT2D eigenvalue weighted by molar-refractivity contribution is 14.1. The van der Waals surface area contributed by atoms with Crippen molar-refractivity contribution in [2.24, 2.45) is 34.5 Å². The van der Waals surface area contributed by atoms with Gasteiger partial charge >= 0.3 is 9.95 Å². The molecular weight excluding hydrogens is 547 g/mol. The van der Waals surface area contributed by atoms with Crippen molar-refractivity contribution in [3.05, 3.63) is 23.8 Å². The first-order valence-electron chi connectivity index (χ1n) is 11.1. The maximum atomic E-state index is 13.2. The van der Waals surface area contributed by atoms with Gasteiger partial charge < -0.3 is 14.6 Å². The molecule has 32 heavy (non-hydrogen) atoms. The van der Waals surface area contributed by atoms with Gasteiger partial charge in [0, 0.05) is 16.7 Å². The summed E-state index contributed by atoms with van der Waals surface area (Å²) in [7, 11) is 1.30. The number of ketones is 1. The fourth-order valence-electron chi connectivity index (χ4n) is 7.89. The van der Waals surface area contributed by atoms with Gasteiger partial charge in [-0.1, -0.05) is 39.3 Å². The number of hydrogen-bond donors (Lipinski definition) is 1. The number of ether oxygens (including phenoxy) is 2. The number of esters is 1. The van der Waals surface area contributed by atoms with Gasteiger partial charge in [-0.25, -0.2) is 9.59 Å². The van der Waals surface area contributed by atoms with Gasteiger partial charge in [0.2, 0.25) is 5.60 Å². The van der Waals surface area contributed by atoms with Crippen molar-refractivity contribution in [1.82, 2.24) is 0 Å². The number of hydrogen-bond acceptors (Lipinski definition) is 6. The third-order valence-corrected chi connectivity index (χ3v) is 10.4. The molecule has 0 aliphatic heterocycles. The van der Waals surface area contributed by atoms with E-state index in [0.717, 1.165) is 5.57 Å². The number of carbonyl (C=O) groups excluding carboxylic acids is 3. The van der Waals surface area contributed by atoms with Crippen LogP contribution in [0.15, 0.2) is 23.8 Å². The molecule has 0 aromatic heterocycles. The van der Waals surface area contributed by atoms with Crippen LogP contribution in [0.3, 0.4) is 0 Å². The number of aliphatic hydroxyl groups is 1. The standard InChI is InChI=1S/C24H30ClIO6/c1-12-8-17-16-9-13(2)24(19(29)31-5,32-20(26)30)22(16,4)11-18(28)23(17,25)21(3)7-6-14(27)10-15(12)21/h6-7,10,12-13,16-18,28H,8-9,11H2,1-5H3/t12-,13?,16?,17?,18?,21?,22?,23-,24-/m0/s1. The van der Waals surface area contributed by atoms with Crippen LogP contribution in [0.4, 0.5) is 4.79 Å². The zero-order valence-corrected chi connectivity index (χ0v) is 21.9. The lowest BCUT2D eigenvalue weighted by molar-refractivity contribution is -0.195. The summed E-state index contributed by atoms with van der Waals surface area (Å²) in [5.74, 6) is -1.12. The van der Waals surface area contributed by atoms with Crippen LogP contribution in [0.1, 0.15) is 47.0 Å². The van der Waals surface area contributed by atoms with E-state index >= 15 is 0 Å². The van der Waals surface area contributed by atoms with E-state index in [1.807, 2.05) is 26.8 Å². The Bertz CT molecular complexity index is 947. The molecule has 0 amide bonds. The number of carbonyl (C=O) groups is 3. The van der Waals surface area contributed by atoms with E-state index in [-0.39, 0.29) is 35.9 Å². The molecule has 0 aromatic rings. The topological polar surface area (TPSA) is 89.9 Å². The first-order valence-corrected chi connectivity index (χ1v) is 12.5. The summed E-state index contributed by atoms with van der Waals surface area (Å²) in [5, 5.41) is 11.7. The molecule has 8 heteroatoms. The quantitative estimate of drug-likeness (QED) is 0.224. The summed E-state index contributed by atoms with van der Waals surface area (Å²) < 4.78 is 10.4. The molecule has 4 rings (SSSR count). The van der Waals surface area contributed by atoms with Crippen LogP contribution in [0.2, 0.25) is 0 Å². The van der Waals surface area contributed by atoms with Gasteiger partial charge in [-0.2, -0.15) is 0 Å². The average Bonchev–Trinajstić information content (AvgIpc) is 2.92. The molecule has 1 N–H and O–H groups in total. The second kappa shape index (κ2) is 7.54. The van der Waals surface area contributed by atoms with Crippen LogP contribution < -0.4 is 0 Å². The summed E-state index contributed by atoms with van der Waals surface area (Å²) in [6.07, 6.45) is 5.54. The number of allylic oxidation sites excluding steroid dienone is 4. The molecule has 0 saturated heterocycles. The molecule has 0 aromatic carbocycles. The fourth-order valence-corrected chi connectivity index (χ4v) is 8.73. The lowest BCUT2D eigenvalue weighted by Crippen LogP contribution is -2.70. The smallest absolute Gasteiger partial charge is 0.368 e. The molecule has 4 aliphatic rings. The molecule has 3 saturated carbocycles. The predicted molar refractivity (Wildman–Crippen MR) is 127 cm³/mol. The third-order valence-electron chi connectivity index (χ3n) is 9.24.